The maximum absolute atomic E-state index is 12.1. The molecule has 1 spiro atoms. The molecule has 7 nitrogen and oxygen atoms in total. The third-order valence-electron chi connectivity index (χ3n) is 6.68. The average Bonchev–Trinajstić information content (AvgIpc) is 3.38. The number of ether oxygens (including phenoxy) is 1. The van der Waals surface area contributed by atoms with Crippen LogP contribution in [0.4, 0.5) is 0 Å². The molecule has 2 fully saturated rings. The number of likely N-dealkylation sites (N-methyl/N-ethyl adjacent to an activating group) is 1. The predicted molar refractivity (Wildman–Crippen MR) is 124 cm³/mol. The maximum atomic E-state index is 12.1. The molecule has 1 unspecified atom stereocenters. The van der Waals surface area contributed by atoms with Gasteiger partial charge in [-0.3, -0.25) is 14.2 Å². The van der Waals surface area contributed by atoms with Crippen LogP contribution in [-0.2, 0) is 16.0 Å². The number of carbonyl (C=O) groups excluding carboxylic acids is 1. The fourth-order valence-corrected chi connectivity index (χ4v) is 5.18. The number of likely N-dealkylation sites (tertiary alicyclic amines) is 1. The molecule has 1 N–H and O–H groups in total. The van der Waals surface area contributed by atoms with Gasteiger partial charge in [0, 0.05) is 25.0 Å². The highest BCUT2D eigenvalue weighted by molar-refractivity contribution is 6.30. The van der Waals surface area contributed by atoms with E-state index in [4.69, 9.17) is 21.3 Å². The van der Waals surface area contributed by atoms with Gasteiger partial charge in [0.15, 0.2) is 0 Å². The summed E-state index contributed by atoms with van der Waals surface area (Å²) in [5, 5.41) is 3.61. The summed E-state index contributed by atoms with van der Waals surface area (Å²) in [6, 6.07) is 9.90. The van der Waals surface area contributed by atoms with E-state index in [2.05, 4.69) is 22.4 Å². The van der Waals surface area contributed by atoms with Crippen LogP contribution in [0.25, 0.3) is 17.0 Å². The SMILES string of the molecule is CNCC(=O)N1CCC2(CC1)CC(Cc1cccc(-c3cnc4ccc(Cl)cn34)n1)CO2. The molecule has 2 aliphatic rings. The van der Waals surface area contributed by atoms with Crippen molar-refractivity contribution in [2.75, 3.05) is 33.3 Å². The second-order valence-corrected chi connectivity index (χ2v) is 9.35. The molecule has 8 heteroatoms. The molecular formula is C24H28ClN5O2. The van der Waals surface area contributed by atoms with Gasteiger partial charge in [-0.05, 0) is 62.9 Å². The van der Waals surface area contributed by atoms with Gasteiger partial charge >= 0.3 is 0 Å². The molecule has 168 valence electrons. The Bertz CT molecular complexity index is 1120. The van der Waals surface area contributed by atoms with E-state index in [1.165, 1.54) is 0 Å². The molecule has 32 heavy (non-hydrogen) atoms. The molecule has 0 aromatic carbocycles. The Labute approximate surface area is 192 Å². The van der Waals surface area contributed by atoms with Gasteiger partial charge in [-0.25, -0.2) is 4.98 Å². The van der Waals surface area contributed by atoms with Crippen LogP contribution < -0.4 is 5.32 Å². The molecule has 1 amide bonds. The second kappa shape index (κ2) is 8.81. The molecule has 3 aromatic rings. The molecular weight excluding hydrogens is 426 g/mol. The van der Waals surface area contributed by atoms with E-state index in [-0.39, 0.29) is 11.5 Å². The Kier molecular flexibility index (Phi) is 5.88. The van der Waals surface area contributed by atoms with Gasteiger partial charge in [0.1, 0.15) is 5.65 Å². The topological polar surface area (TPSA) is 71.8 Å². The summed E-state index contributed by atoms with van der Waals surface area (Å²) in [6.45, 7) is 2.70. The van der Waals surface area contributed by atoms with Crippen molar-refractivity contribution in [3.05, 3.63) is 53.4 Å². The van der Waals surface area contributed by atoms with Crippen LogP contribution in [-0.4, -0.2) is 64.1 Å². The predicted octanol–water partition coefficient (Wildman–Crippen LogP) is 3.21. The molecule has 5 rings (SSSR count). The summed E-state index contributed by atoms with van der Waals surface area (Å²) in [5.41, 5.74) is 3.65. The molecule has 5 heterocycles. The lowest BCUT2D eigenvalue weighted by molar-refractivity contribution is -0.134. The van der Waals surface area contributed by atoms with Crippen LogP contribution in [0.2, 0.25) is 5.02 Å². The van der Waals surface area contributed by atoms with E-state index in [0.29, 0.717) is 17.5 Å². The fourth-order valence-electron chi connectivity index (χ4n) is 5.02. The van der Waals surface area contributed by atoms with E-state index in [1.54, 1.807) is 0 Å². The quantitative estimate of drug-likeness (QED) is 0.642. The first-order chi connectivity index (χ1) is 15.5. The highest BCUT2D eigenvalue weighted by Crippen LogP contribution is 2.39. The average molecular weight is 454 g/mol. The van der Waals surface area contributed by atoms with Gasteiger partial charge in [-0.2, -0.15) is 0 Å². The van der Waals surface area contributed by atoms with Crippen molar-refractivity contribution in [3.8, 4) is 11.4 Å². The van der Waals surface area contributed by atoms with Crippen molar-refractivity contribution < 1.29 is 9.53 Å². The van der Waals surface area contributed by atoms with Gasteiger partial charge in [-0.15, -0.1) is 0 Å². The molecule has 0 aliphatic carbocycles. The van der Waals surface area contributed by atoms with Crippen molar-refractivity contribution >= 4 is 23.2 Å². The minimum atomic E-state index is -0.0862. The second-order valence-electron chi connectivity index (χ2n) is 8.91. The summed E-state index contributed by atoms with van der Waals surface area (Å²) < 4.78 is 8.29. The van der Waals surface area contributed by atoms with Gasteiger partial charge in [-0.1, -0.05) is 17.7 Å². The molecule has 0 bridgehead atoms. The number of aromatic nitrogens is 3. The Hall–Kier alpha value is -2.48. The Morgan fingerprint density at radius 1 is 1.28 bits per heavy atom. The van der Waals surface area contributed by atoms with E-state index in [9.17, 15) is 4.79 Å². The van der Waals surface area contributed by atoms with Crippen molar-refractivity contribution in [2.24, 2.45) is 5.92 Å². The van der Waals surface area contributed by atoms with E-state index in [0.717, 1.165) is 68.1 Å². The first-order valence-corrected chi connectivity index (χ1v) is 11.6. The van der Waals surface area contributed by atoms with E-state index < -0.39 is 0 Å². The molecule has 2 saturated heterocycles. The van der Waals surface area contributed by atoms with Gasteiger partial charge in [0.05, 0.1) is 41.4 Å². The lowest BCUT2D eigenvalue weighted by Crippen LogP contribution is -2.48. The summed E-state index contributed by atoms with van der Waals surface area (Å²) >= 11 is 6.18. The number of nitrogens with zero attached hydrogens (tertiary/aromatic N) is 4. The number of halogens is 1. The highest BCUT2D eigenvalue weighted by atomic mass is 35.5. The summed E-state index contributed by atoms with van der Waals surface area (Å²) in [4.78, 5) is 23.5. The first kappa shape index (κ1) is 21.4. The maximum Gasteiger partial charge on any atom is 0.236 e. The van der Waals surface area contributed by atoms with Crippen LogP contribution in [0, 0.1) is 5.92 Å². The summed E-state index contributed by atoms with van der Waals surface area (Å²) in [7, 11) is 1.81. The van der Waals surface area contributed by atoms with Crippen LogP contribution in [0.3, 0.4) is 0 Å². The highest BCUT2D eigenvalue weighted by Gasteiger charge is 2.43. The van der Waals surface area contributed by atoms with E-state index in [1.807, 2.05) is 46.9 Å². The van der Waals surface area contributed by atoms with Crippen LogP contribution in [0.15, 0.2) is 42.7 Å². The zero-order chi connectivity index (χ0) is 22.1. The van der Waals surface area contributed by atoms with Crippen molar-refractivity contribution in [1.82, 2.24) is 24.6 Å². The minimum Gasteiger partial charge on any atom is -0.375 e. The number of nitrogens with one attached hydrogen (secondary N) is 1. The van der Waals surface area contributed by atoms with Crippen molar-refractivity contribution in [1.29, 1.82) is 0 Å². The summed E-state index contributed by atoms with van der Waals surface area (Å²) in [6.07, 6.45) is 7.45. The van der Waals surface area contributed by atoms with Crippen molar-refractivity contribution in [3.63, 3.8) is 0 Å². The van der Waals surface area contributed by atoms with Crippen LogP contribution in [0.1, 0.15) is 25.0 Å². The molecule has 3 aromatic heterocycles. The van der Waals surface area contributed by atoms with Gasteiger partial charge in [0.2, 0.25) is 5.91 Å². The fraction of sp³-hybridized carbons (Fsp3) is 0.458. The Morgan fingerprint density at radius 3 is 2.94 bits per heavy atom. The normalized spacial score (nSPS) is 20.3. The standard InChI is InChI=1S/C24H28ClN5O2/c1-26-14-23(31)29-9-7-24(8-10-29)12-17(16-32-24)11-19-3-2-4-20(28-19)21-13-27-22-6-5-18(25)15-30(21)22/h2-6,13,15,17,26H,7-12,14,16H2,1H3. The third-order valence-corrected chi connectivity index (χ3v) is 6.90. The number of hydrogen-bond acceptors (Lipinski definition) is 5. The van der Waals surface area contributed by atoms with Gasteiger partial charge in [0.25, 0.3) is 0 Å². The van der Waals surface area contributed by atoms with Crippen LogP contribution in [0.5, 0.6) is 0 Å². The Morgan fingerprint density at radius 2 is 2.12 bits per heavy atom. The number of piperidine rings is 1. The van der Waals surface area contributed by atoms with Gasteiger partial charge < -0.3 is 15.0 Å². The number of pyridine rings is 2. The number of imidazole rings is 1. The van der Waals surface area contributed by atoms with Crippen LogP contribution >= 0.6 is 11.6 Å². The lowest BCUT2D eigenvalue weighted by atomic mass is 9.84. The smallest absolute Gasteiger partial charge is 0.236 e. The van der Waals surface area contributed by atoms with Crippen molar-refractivity contribution in [2.45, 2.75) is 31.3 Å². The largest absolute Gasteiger partial charge is 0.375 e. The third kappa shape index (κ3) is 4.25. The molecule has 0 radical (unpaired) electrons. The monoisotopic (exact) mass is 453 g/mol. The lowest BCUT2D eigenvalue weighted by Gasteiger charge is -2.38. The molecule has 0 saturated carbocycles. The minimum absolute atomic E-state index is 0.0862. The number of fused-ring (bicyclic) bond motifs is 1. The molecule has 2 aliphatic heterocycles. The molecule has 1 atom stereocenters. The number of carbonyl (C=O) groups is 1. The zero-order valence-corrected chi connectivity index (χ0v) is 19.0. The Balaban J connectivity index is 1.25. The number of rotatable bonds is 5. The number of amides is 1. The number of hydrogen-bond donors (Lipinski definition) is 1. The van der Waals surface area contributed by atoms with E-state index >= 15 is 0 Å². The zero-order valence-electron chi connectivity index (χ0n) is 18.3. The first-order valence-electron chi connectivity index (χ1n) is 11.2. The summed E-state index contributed by atoms with van der Waals surface area (Å²) in [5.74, 6) is 0.612.